The van der Waals surface area contributed by atoms with Gasteiger partial charge < -0.3 is 5.11 Å². The molecule has 100 valence electrons. The fourth-order valence-corrected chi connectivity index (χ4v) is 2.48. The first kappa shape index (κ1) is 14.9. The van der Waals surface area contributed by atoms with Crippen LogP contribution in [0.25, 0.3) is 0 Å². The second-order valence-electron chi connectivity index (χ2n) is 3.99. The number of aromatic nitrogens is 1. The molecule has 6 heteroatoms. The van der Waals surface area contributed by atoms with Crippen LogP contribution in [0.3, 0.4) is 0 Å². The van der Waals surface area contributed by atoms with Crippen LogP contribution in [-0.2, 0) is 6.42 Å². The smallest absolute Gasteiger partial charge is 0.101 e. The molecular weight excluding hydrogens is 328 g/mol. The van der Waals surface area contributed by atoms with Gasteiger partial charge in [0.2, 0.25) is 0 Å². The van der Waals surface area contributed by atoms with E-state index in [1.807, 2.05) is 0 Å². The van der Waals surface area contributed by atoms with E-state index in [0.29, 0.717) is 32.2 Å². The lowest BCUT2D eigenvalue weighted by atomic mass is 10.1. The number of nitrogens with zero attached hydrogens (tertiary/aromatic N) is 1. The Morgan fingerprint density at radius 2 is 1.74 bits per heavy atom. The highest BCUT2D eigenvalue weighted by Crippen LogP contribution is 2.28. The van der Waals surface area contributed by atoms with Gasteiger partial charge in [-0.15, -0.1) is 0 Å². The Hall–Kier alpha value is -0.510. The fourth-order valence-electron chi connectivity index (χ4n) is 1.66. The maximum Gasteiger partial charge on any atom is 0.101 e. The Balaban J connectivity index is 2.20. The molecule has 19 heavy (non-hydrogen) atoms. The van der Waals surface area contributed by atoms with Crippen molar-refractivity contribution in [3.63, 3.8) is 0 Å². The van der Waals surface area contributed by atoms with Gasteiger partial charge >= 0.3 is 0 Å². The van der Waals surface area contributed by atoms with Crippen LogP contribution in [0.1, 0.15) is 17.4 Å². The van der Waals surface area contributed by atoms with E-state index in [-0.39, 0.29) is 0 Å². The van der Waals surface area contributed by atoms with Crippen LogP contribution in [0.15, 0.2) is 30.5 Å². The molecule has 0 aliphatic rings. The molecular formula is C13H9Cl4NO. The Morgan fingerprint density at radius 1 is 1.00 bits per heavy atom. The third kappa shape index (κ3) is 3.74. The molecule has 0 aliphatic carbocycles. The summed E-state index contributed by atoms with van der Waals surface area (Å²) in [7, 11) is 0. The van der Waals surface area contributed by atoms with Crippen molar-refractivity contribution < 1.29 is 5.11 Å². The molecule has 1 atom stereocenters. The average molecular weight is 337 g/mol. The largest absolute Gasteiger partial charge is 0.386 e. The zero-order valence-corrected chi connectivity index (χ0v) is 12.6. The molecule has 2 nitrogen and oxygen atoms in total. The first-order chi connectivity index (χ1) is 8.97. The van der Waals surface area contributed by atoms with E-state index in [9.17, 15) is 5.11 Å². The summed E-state index contributed by atoms with van der Waals surface area (Å²) in [6.07, 6.45) is 0.952. The molecule has 0 saturated heterocycles. The Kier molecular flexibility index (Phi) is 4.93. The molecule has 1 aromatic carbocycles. The summed E-state index contributed by atoms with van der Waals surface area (Å²) in [5.74, 6) is 0. The third-order valence-corrected chi connectivity index (χ3v) is 3.81. The number of aliphatic hydroxyl groups is 1. The summed E-state index contributed by atoms with van der Waals surface area (Å²) in [5.41, 5.74) is 1.23. The van der Waals surface area contributed by atoms with Gasteiger partial charge in [-0.2, -0.15) is 0 Å². The van der Waals surface area contributed by atoms with E-state index in [0.717, 1.165) is 5.56 Å². The van der Waals surface area contributed by atoms with E-state index in [1.54, 1.807) is 24.3 Å². The van der Waals surface area contributed by atoms with Crippen molar-refractivity contribution in [2.24, 2.45) is 0 Å². The SMILES string of the molecule is OC(Cc1ccc(Cl)c(Cl)c1)c1ncc(Cl)cc1Cl. The van der Waals surface area contributed by atoms with Crippen LogP contribution >= 0.6 is 46.4 Å². The minimum atomic E-state index is -0.831. The number of hydrogen-bond donors (Lipinski definition) is 1. The molecule has 0 bridgehead atoms. The number of benzene rings is 1. The third-order valence-electron chi connectivity index (χ3n) is 2.56. The number of rotatable bonds is 3. The van der Waals surface area contributed by atoms with Crippen molar-refractivity contribution in [1.82, 2.24) is 4.98 Å². The maximum atomic E-state index is 10.1. The van der Waals surface area contributed by atoms with E-state index in [4.69, 9.17) is 46.4 Å². The number of halogens is 4. The van der Waals surface area contributed by atoms with Gasteiger partial charge in [0.25, 0.3) is 0 Å². The van der Waals surface area contributed by atoms with Crippen molar-refractivity contribution in [3.8, 4) is 0 Å². The van der Waals surface area contributed by atoms with Gasteiger partial charge in [-0.1, -0.05) is 52.5 Å². The van der Waals surface area contributed by atoms with Gasteiger partial charge in [0.15, 0.2) is 0 Å². The molecule has 2 aromatic rings. The number of pyridine rings is 1. The summed E-state index contributed by atoms with van der Waals surface area (Å²) >= 11 is 23.5. The molecule has 1 aromatic heterocycles. The van der Waals surface area contributed by atoms with Gasteiger partial charge in [0.05, 0.1) is 25.8 Å². The van der Waals surface area contributed by atoms with E-state index in [2.05, 4.69) is 4.98 Å². The zero-order valence-electron chi connectivity index (χ0n) is 9.58. The Labute approximate surface area is 130 Å². The second kappa shape index (κ2) is 6.29. The lowest BCUT2D eigenvalue weighted by Gasteiger charge is -2.12. The topological polar surface area (TPSA) is 33.1 Å². The quantitative estimate of drug-likeness (QED) is 0.858. The minimum Gasteiger partial charge on any atom is -0.386 e. The van der Waals surface area contributed by atoms with Gasteiger partial charge in [-0.05, 0) is 23.8 Å². The Morgan fingerprint density at radius 3 is 2.37 bits per heavy atom. The van der Waals surface area contributed by atoms with Crippen molar-refractivity contribution in [3.05, 3.63) is 61.8 Å². The van der Waals surface area contributed by atoms with Gasteiger partial charge in [0.1, 0.15) is 6.10 Å². The Bertz CT molecular complexity index is 603. The lowest BCUT2D eigenvalue weighted by molar-refractivity contribution is 0.174. The van der Waals surface area contributed by atoms with E-state index < -0.39 is 6.10 Å². The van der Waals surface area contributed by atoms with Gasteiger partial charge in [-0.3, -0.25) is 4.98 Å². The monoisotopic (exact) mass is 335 g/mol. The van der Waals surface area contributed by atoms with Crippen molar-refractivity contribution in [2.75, 3.05) is 0 Å². The normalized spacial score (nSPS) is 12.5. The van der Waals surface area contributed by atoms with Crippen molar-refractivity contribution in [1.29, 1.82) is 0 Å². The van der Waals surface area contributed by atoms with Crippen LogP contribution in [0.5, 0.6) is 0 Å². The maximum absolute atomic E-state index is 10.1. The average Bonchev–Trinajstić information content (AvgIpc) is 2.33. The second-order valence-corrected chi connectivity index (χ2v) is 5.65. The van der Waals surface area contributed by atoms with Crippen LogP contribution in [-0.4, -0.2) is 10.1 Å². The molecule has 0 fully saturated rings. The van der Waals surface area contributed by atoms with Crippen LogP contribution in [0.4, 0.5) is 0 Å². The van der Waals surface area contributed by atoms with E-state index in [1.165, 1.54) is 6.20 Å². The molecule has 0 amide bonds. The molecule has 0 saturated carbocycles. The predicted molar refractivity (Wildman–Crippen MR) is 79.4 cm³/mol. The zero-order chi connectivity index (χ0) is 14.0. The molecule has 1 unspecified atom stereocenters. The lowest BCUT2D eigenvalue weighted by Crippen LogP contribution is -2.05. The van der Waals surface area contributed by atoms with E-state index >= 15 is 0 Å². The number of aliphatic hydroxyl groups excluding tert-OH is 1. The molecule has 2 rings (SSSR count). The highest BCUT2D eigenvalue weighted by molar-refractivity contribution is 6.42. The van der Waals surface area contributed by atoms with Gasteiger partial charge in [0, 0.05) is 12.6 Å². The van der Waals surface area contributed by atoms with Crippen LogP contribution in [0.2, 0.25) is 20.1 Å². The predicted octanol–water partition coefficient (Wildman–Crippen LogP) is 4.97. The first-order valence-corrected chi connectivity index (χ1v) is 6.91. The summed E-state index contributed by atoms with van der Waals surface area (Å²) in [5, 5.41) is 11.8. The van der Waals surface area contributed by atoms with Crippen molar-refractivity contribution in [2.45, 2.75) is 12.5 Å². The summed E-state index contributed by atoms with van der Waals surface area (Å²) in [6, 6.07) is 6.73. The fraction of sp³-hybridized carbons (Fsp3) is 0.154. The summed E-state index contributed by atoms with van der Waals surface area (Å²) in [4.78, 5) is 4.04. The highest BCUT2D eigenvalue weighted by Gasteiger charge is 2.15. The summed E-state index contributed by atoms with van der Waals surface area (Å²) < 4.78 is 0. The first-order valence-electron chi connectivity index (χ1n) is 5.40. The summed E-state index contributed by atoms with van der Waals surface area (Å²) in [6.45, 7) is 0. The highest BCUT2D eigenvalue weighted by atomic mass is 35.5. The van der Waals surface area contributed by atoms with Crippen molar-refractivity contribution >= 4 is 46.4 Å². The molecule has 0 spiro atoms. The van der Waals surface area contributed by atoms with Crippen LogP contribution < -0.4 is 0 Å². The molecule has 1 N–H and O–H groups in total. The number of hydrogen-bond acceptors (Lipinski definition) is 2. The van der Waals surface area contributed by atoms with Crippen LogP contribution in [0, 0.1) is 0 Å². The molecule has 0 aliphatic heterocycles. The minimum absolute atomic E-state index is 0.333. The van der Waals surface area contributed by atoms with Gasteiger partial charge in [-0.25, -0.2) is 0 Å². The molecule has 0 radical (unpaired) electrons. The molecule has 1 heterocycles. The standard InChI is InChI=1S/C13H9Cl4NO/c14-8-5-11(17)13(18-6-8)12(19)4-7-1-2-9(15)10(16)3-7/h1-3,5-6,12,19H,4H2.